The minimum atomic E-state index is -0.330. The van der Waals surface area contributed by atoms with E-state index in [9.17, 15) is 9.59 Å². The fraction of sp³-hybridized carbons (Fsp3) is 0.857. The van der Waals surface area contributed by atoms with Crippen LogP contribution in [0.25, 0.3) is 0 Å². The third-order valence-electron chi connectivity index (χ3n) is 4.29. The zero-order valence-corrected chi connectivity index (χ0v) is 12.1. The van der Waals surface area contributed by atoms with Gasteiger partial charge in [0.15, 0.2) is 0 Å². The molecule has 0 aliphatic carbocycles. The Morgan fingerprint density at radius 1 is 1.00 bits per heavy atom. The SMILES string of the molecule is NC(=O)N1CCC(NCCC(=O)N2CCCCC2)CC1. The Hall–Kier alpha value is -1.30. The van der Waals surface area contributed by atoms with E-state index in [0.717, 1.165) is 45.3 Å². The molecule has 2 fully saturated rings. The van der Waals surface area contributed by atoms with E-state index in [2.05, 4.69) is 5.32 Å². The van der Waals surface area contributed by atoms with Crippen molar-refractivity contribution in [3.8, 4) is 0 Å². The number of carbonyl (C=O) groups is 2. The average molecular weight is 282 g/mol. The van der Waals surface area contributed by atoms with Gasteiger partial charge in [-0.3, -0.25) is 4.79 Å². The number of hydrogen-bond acceptors (Lipinski definition) is 3. The van der Waals surface area contributed by atoms with Crippen LogP contribution in [0.4, 0.5) is 4.79 Å². The first-order chi connectivity index (χ1) is 9.66. The molecule has 2 aliphatic heterocycles. The number of nitrogens with two attached hydrogens (primary N) is 1. The molecule has 2 aliphatic rings. The van der Waals surface area contributed by atoms with E-state index < -0.39 is 0 Å². The zero-order valence-electron chi connectivity index (χ0n) is 12.1. The summed E-state index contributed by atoms with van der Waals surface area (Å²) in [5, 5.41) is 3.42. The molecular formula is C14H26N4O2. The Bertz CT molecular complexity index is 334. The maximum atomic E-state index is 12.0. The second-order valence-corrected chi connectivity index (χ2v) is 5.75. The lowest BCUT2D eigenvalue weighted by Crippen LogP contribution is -2.47. The van der Waals surface area contributed by atoms with E-state index in [0.29, 0.717) is 25.6 Å². The minimum absolute atomic E-state index is 0.270. The molecule has 0 bridgehead atoms. The summed E-state index contributed by atoms with van der Waals surface area (Å²) >= 11 is 0. The summed E-state index contributed by atoms with van der Waals surface area (Å²) in [6.07, 6.45) is 5.95. The van der Waals surface area contributed by atoms with Crippen LogP contribution in [0.5, 0.6) is 0 Å². The van der Waals surface area contributed by atoms with Gasteiger partial charge >= 0.3 is 6.03 Å². The first-order valence-electron chi connectivity index (χ1n) is 7.72. The Morgan fingerprint density at radius 2 is 1.65 bits per heavy atom. The Morgan fingerprint density at radius 3 is 2.25 bits per heavy atom. The fourth-order valence-corrected chi connectivity index (χ4v) is 2.99. The van der Waals surface area contributed by atoms with Crippen LogP contribution in [0.15, 0.2) is 0 Å². The van der Waals surface area contributed by atoms with Crippen molar-refractivity contribution in [2.45, 2.75) is 44.6 Å². The highest BCUT2D eigenvalue weighted by atomic mass is 16.2. The van der Waals surface area contributed by atoms with Crippen molar-refractivity contribution in [3.05, 3.63) is 0 Å². The maximum absolute atomic E-state index is 12.0. The van der Waals surface area contributed by atoms with Gasteiger partial charge in [-0.1, -0.05) is 0 Å². The van der Waals surface area contributed by atoms with Gasteiger partial charge in [0.2, 0.25) is 5.91 Å². The lowest BCUT2D eigenvalue weighted by Gasteiger charge is -2.31. The summed E-state index contributed by atoms with van der Waals surface area (Å²) in [6, 6.07) is 0.0727. The van der Waals surface area contributed by atoms with E-state index in [1.54, 1.807) is 4.90 Å². The maximum Gasteiger partial charge on any atom is 0.314 e. The van der Waals surface area contributed by atoms with Gasteiger partial charge in [-0.15, -0.1) is 0 Å². The van der Waals surface area contributed by atoms with E-state index >= 15 is 0 Å². The van der Waals surface area contributed by atoms with Gasteiger partial charge in [0.05, 0.1) is 0 Å². The molecule has 2 rings (SSSR count). The Labute approximate surface area is 120 Å². The predicted molar refractivity (Wildman–Crippen MR) is 77.2 cm³/mol. The molecule has 6 heteroatoms. The summed E-state index contributed by atoms with van der Waals surface area (Å²) in [7, 11) is 0. The van der Waals surface area contributed by atoms with Gasteiger partial charge in [0, 0.05) is 45.2 Å². The van der Waals surface area contributed by atoms with Gasteiger partial charge < -0.3 is 20.9 Å². The van der Waals surface area contributed by atoms with E-state index in [1.165, 1.54) is 6.42 Å². The lowest BCUT2D eigenvalue weighted by molar-refractivity contribution is -0.132. The number of nitrogens with zero attached hydrogens (tertiary/aromatic N) is 2. The minimum Gasteiger partial charge on any atom is -0.351 e. The third-order valence-corrected chi connectivity index (χ3v) is 4.29. The van der Waals surface area contributed by atoms with Crippen molar-refractivity contribution in [2.75, 3.05) is 32.7 Å². The largest absolute Gasteiger partial charge is 0.351 e. The van der Waals surface area contributed by atoms with E-state index in [1.807, 2.05) is 4.90 Å². The Kier molecular flexibility index (Phi) is 5.64. The van der Waals surface area contributed by atoms with Gasteiger partial charge in [0.1, 0.15) is 0 Å². The van der Waals surface area contributed by atoms with Crippen LogP contribution in [-0.2, 0) is 4.79 Å². The Balaban J connectivity index is 1.59. The molecule has 0 saturated carbocycles. The van der Waals surface area contributed by atoms with Crippen LogP contribution in [0.1, 0.15) is 38.5 Å². The predicted octanol–water partition coefficient (Wildman–Crippen LogP) is 0.522. The van der Waals surface area contributed by atoms with Crippen LogP contribution in [-0.4, -0.2) is 60.5 Å². The first-order valence-corrected chi connectivity index (χ1v) is 7.72. The number of hydrogen-bond donors (Lipinski definition) is 2. The monoisotopic (exact) mass is 282 g/mol. The number of nitrogens with one attached hydrogen (secondary N) is 1. The summed E-state index contributed by atoms with van der Waals surface area (Å²) < 4.78 is 0. The first kappa shape index (κ1) is 15.1. The van der Waals surface area contributed by atoms with Crippen molar-refractivity contribution in [2.24, 2.45) is 5.73 Å². The highest BCUT2D eigenvalue weighted by Gasteiger charge is 2.21. The van der Waals surface area contributed by atoms with Crippen LogP contribution in [0, 0.1) is 0 Å². The lowest BCUT2D eigenvalue weighted by atomic mass is 10.1. The summed E-state index contributed by atoms with van der Waals surface area (Å²) in [5.41, 5.74) is 5.25. The molecule has 3 amide bonds. The molecule has 20 heavy (non-hydrogen) atoms. The molecule has 0 aromatic rings. The number of urea groups is 1. The number of primary amides is 1. The normalized spacial score (nSPS) is 21.0. The molecule has 0 aromatic carbocycles. The van der Waals surface area contributed by atoms with E-state index in [4.69, 9.17) is 5.73 Å². The average Bonchev–Trinajstić information content (AvgIpc) is 2.48. The van der Waals surface area contributed by atoms with Gasteiger partial charge in [-0.2, -0.15) is 0 Å². The number of piperidine rings is 2. The van der Waals surface area contributed by atoms with Crippen molar-refractivity contribution in [1.82, 2.24) is 15.1 Å². The number of likely N-dealkylation sites (tertiary alicyclic amines) is 2. The summed E-state index contributed by atoms with van der Waals surface area (Å²) in [6.45, 7) is 4.02. The molecule has 0 atom stereocenters. The molecule has 2 saturated heterocycles. The van der Waals surface area contributed by atoms with Crippen LogP contribution in [0.3, 0.4) is 0 Å². The molecular weight excluding hydrogens is 256 g/mol. The second kappa shape index (κ2) is 7.47. The second-order valence-electron chi connectivity index (χ2n) is 5.75. The van der Waals surface area contributed by atoms with Gasteiger partial charge in [-0.05, 0) is 32.1 Å². The molecule has 0 unspecified atom stereocenters. The topological polar surface area (TPSA) is 78.7 Å². The standard InChI is InChI=1S/C14H26N4O2/c15-14(20)18-10-5-12(6-11-18)16-7-4-13(19)17-8-2-1-3-9-17/h12,16H,1-11H2,(H2,15,20). The van der Waals surface area contributed by atoms with Gasteiger partial charge in [0.25, 0.3) is 0 Å². The molecule has 0 aromatic heterocycles. The fourth-order valence-electron chi connectivity index (χ4n) is 2.99. The van der Waals surface area contributed by atoms with Gasteiger partial charge in [-0.25, -0.2) is 4.79 Å². The molecule has 3 N–H and O–H groups in total. The van der Waals surface area contributed by atoms with Crippen LogP contribution in [0.2, 0.25) is 0 Å². The summed E-state index contributed by atoms with van der Waals surface area (Å²) in [5.74, 6) is 0.270. The van der Waals surface area contributed by atoms with Crippen molar-refractivity contribution < 1.29 is 9.59 Å². The van der Waals surface area contributed by atoms with Crippen LogP contribution < -0.4 is 11.1 Å². The van der Waals surface area contributed by atoms with Crippen molar-refractivity contribution in [3.63, 3.8) is 0 Å². The summed E-state index contributed by atoms with van der Waals surface area (Å²) in [4.78, 5) is 26.7. The quantitative estimate of drug-likeness (QED) is 0.789. The van der Waals surface area contributed by atoms with Crippen LogP contribution >= 0.6 is 0 Å². The number of amides is 3. The smallest absolute Gasteiger partial charge is 0.314 e. The number of carbonyl (C=O) groups excluding carboxylic acids is 2. The molecule has 0 radical (unpaired) electrons. The molecule has 0 spiro atoms. The molecule has 114 valence electrons. The van der Waals surface area contributed by atoms with E-state index in [-0.39, 0.29) is 11.9 Å². The van der Waals surface area contributed by atoms with Crippen molar-refractivity contribution >= 4 is 11.9 Å². The number of rotatable bonds is 4. The molecule has 2 heterocycles. The highest BCUT2D eigenvalue weighted by Crippen LogP contribution is 2.11. The molecule has 6 nitrogen and oxygen atoms in total. The third kappa shape index (κ3) is 4.37. The zero-order chi connectivity index (χ0) is 14.4. The van der Waals surface area contributed by atoms with Crippen molar-refractivity contribution in [1.29, 1.82) is 0 Å². The highest BCUT2D eigenvalue weighted by molar-refractivity contribution is 5.76.